The van der Waals surface area contributed by atoms with Gasteiger partial charge in [0.1, 0.15) is 0 Å². The minimum Gasteiger partial charge on any atom is -0.383 e. The van der Waals surface area contributed by atoms with E-state index in [1.165, 1.54) is 18.4 Å². The van der Waals surface area contributed by atoms with Crippen molar-refractivity contribution in [2.24, 2.45) is 4.99 Å². The molecule has 0 aliphatic heterocycles. The van der Waals surface area contributed by atoms with Gasteiger partial charge in [-0.2, -0.15) is 0 Å². The van der Waals surface area contributed by atoms with Crippen LogP contribution in [0.15, 0.2) is 33.7 Å². The second kappa shape index (κ2) is 7.27. The summed E-state index contributed by atoms with van der Waals surface area (Å²) in [6, 6.07) is 8.84. The van der Waals surface area contributed by atoms with Gasteiger partial charge in [-0.25, -0.2) is 0 Å². The first-order valence-corrected chi connectivity index (χ1v) is 8.11. The summed E-state index contributed by atoms with van der Waals surface area (Å²) in [5, 5.41) is 6.78. The van der Waals surface area contributed by atoms with Gasteiger partial charge in [-0.1, -0.05) is 28.1 Å². The molecule has 116 valence electrons. The van der Waals surface area contributed by atoms with Crippen LogP contribution in [0.2, 0.25) is 0 Å². The van der Waals surface area contributed by atoms with Gasteiger partial charge in [0.2, 0.25) is 0 Å². The Morgan fingerprint density at radius 2 is 2.24 bits per heavy atom. The fraction of sp³-hybridized carbons (Fsp3) is 0.562. The summed E-state index contributed by atoms with van der Waals surface area (Å²) in [7, 11) is 3.51. The molecule has 1 aromatic rings. The lowest BCUT2D eigenvalue weighted by Gasteiger charge is -2.21. The van der Waals surface area contributed by atoms with E-state index in [0.717, 1.165) is 17.0 Å². The summed E-state index contributed by atoms with van der Waals surface area (Å²) >= 11 is 3.56. The Hall–Kier alpha value is -1.07. The molecular formula is C16H24BrN3O. The highest BCUT2D eigenvalue weighted by Gasteiger charge is 2.44. The second-order valence-electron chi connectivity index (χ2n) is 5.72. The van der Waals surface area contributed by atoms with Crippen molar-refractivity contribution < 1.29 is 4.74 Å². The maximum absolute atomic E-state index is 5.14. The number of halogens is 1. The molecule has 0 amide bonds. The van der Waals surface area contributed by atoms with Gasteiger partial charge in [-0.3, -0.25) is 4.99 Å². The van der Waals surface area contributed by atoms with Crippen molar-refractivity contribution in [2.75, 3.05) is 27.3 Å². The number of hydrogen-bond acceptors (Lipinski definition) is 2. The highest BCUT2D eigenvalue weighted by Crippen LogP contribution is 2.48. The van der Waals surface area contributed by atoms with Crippen molar-refractivity contribution in [3.8, 4) is 0 Å². The maximum atomic E-state index is 5.14. The van der Waals surface area contributed by atoms with Crippen LogP contribution >= 0.6 is 15.9 Å². The van der Waals surface area contributed by atoms with Crippen LogP contribution in [0.4, 0.5) is 0 Å². The molecule has 2 N–H and O–H groups in total. The van der Waals surface area contributed by atoms with Crippen molar-refractivity contribution in [1.82, 2.24) is 10.6 Å². The predicted octanol–water partition coefficient (Wildman–Crippen LogP) is 2.68. The number of aliphatic imine (C=N–C) groups is 1. The number of hydrogen-bond donors (Lipinski definition) is 2. The molecule has 0 radical (unpaired) electrons. The van der Waals surface area contributed by atoms with E-state index in [1.807, 2.05) is 0 Å². The molecule has 1 aliphatic carbocycles. The molecule has 1 saturated carbocycles. The average molecular weight is 354 g/mol. The van der Waals surface area contributed by atoms with E-state index in [4.69, 9.17) is 4.74 Å². The number of ether oxygens (including phenoxy) is 1. The third-order valence-corrected chi connectivity index (χ3v) is 4.40. The maximum Gasteiger partial charge on any atom is 0.191 e. The first kappa shape index (κ1) is 16.3. The summed E-state index contributed by atoms with van der Waals surface area (Å²) in [5.41, 5.74) is 1.65. The van der Waals surface area contributed by atoms with E-state index >= 15 is 0 Å². The van der Waals surface area contributed by atoms with E-state index < -0.39 is 0 Å². The molecule has 1 aliphatic rings. The van der Waals surface area contributed by atoms with Gasteiger partial charge in [0.05, 0.1) is 6.61 Å². The number of rotatable bonds is 6. The van der Waals surface area contributed by atoms with Crippen LogP contribution in [0.25, 0.3) is 0 Å². The summed E-state index contributed by atoms with van der Waals surface area (Å²) < 4.78 is 6.28. The molecule has 0 spiro atoms. The quantitative estimate of drug-likeness (QED) is 0.610. The second-order valence-corrected chi connectivity index (χ2v) is 6.63. The van der Waals surface area contributed by atoms with Crippen molar-refractivity contribution in [1.29, 1.82) is 0 Å². The van der Waals surface area contributed by atoms with Crippen LogP contribution < -0.4 is 10.6 Å². The van der Waals surface area contributed by atoms with Gasteiger partial charge < -0.3 is 15.4 Å². The highest BCUT2D eigenvalue weighted by atomic mass is 79.9. The van der Waals surface area contributed by atoms with Gasteiger partial charge in [0.15, 0.2) is 5.96 Å². The van der Waals surface area contributed by atoms with Crippen LogP contribution in [-0.2, 0) is 10.2 Å². The number of nitrogens with one attached hydrogen (secondary N) is 2. The van der Waals surface area contributed by atoms with Crippen molar-refractivity contribution >= 4 is 21.9 Å². The largest absolute Gasteiger partial charge is 0.383 e. The van der Waals surface area contributed by atoms with E-state index in [9.17, 15) is 0 Å². The van der Waals surface area contributed by atoms with Gasteiger partial charge in [-0.05, 0) is 37.5 Å². The number of methoxy groups -OCH3 is 1. The topological polar surface area (TPSA) is 45.7 Å². The van der Waals surface area contributed by atoms with Gasteiger partial charge in [-0.15, -0.1) is 0 Å². The Morgan fingerprint density at radius 1 is 1.48 bits per heavy atom. The molecule has 5 heteroatoms. The molecule has 2 rings (SSSR count). The van der Waals surface area contributed by atoms with Crippen LogP contribution in [0.5, 0.6) is 0 Å². The molecule has 1 atom stereocenters. The van der Waals surface area contributed by atoms with Gasteiger partial charge >= 0.3 is 0 Å². The lowest BCUT2D eigenvalue weighted by molar-refractivity contribution is 0.179. The fourth-order valence-electron chi connectivity index (χ4n) is 2.51. The normalized spacial score (nSPS) is 18.2. The zero-order valence-electron chi connectivity index (χ0n) is 12.9. The Morgan fingerprint density at radius 3 is 2.81 bits per heavy atom. The lowest BCUT2D eigenvalue weighted by atomic mass is 9.96. The third-order valence-electron chi connectivity index (χ3n) is 3.91. The first-order valence-electron chi connectivity index (χ1n) is 7.32. The molecule has 1 fully saturated rings. The smallest absolute Gasteiger partial charge is 0.191 e. The van der Waals surface area contributed by atoms with Crippen molar-refractivity contribution in [2.45, 2.75) is 31.2 Å². The zero-order valence-corrected chi connectivity index (χ0v) is 14.5. The summed E-state index contributed by atoms with van der Waals surface area (Å²) in [6.07, 6.45) is 2.45. The molecule has 1 unspecified atom stereocenters. The molecule has 0 aromatic heterocycles. The van der Waals surface area contributed by atoms with E-state index in [1.54, 1.807) is 14.2 Å². The number of benzene rings is 1. The SMILES string of the molecule is CN=C(NCC1(c2cccc(Br)c2)CC1)NC(C)COC. The van der Waals surface area contributed by atoms with Gasteiger partial charge in [0, 0.05) is 36.6 Å². The number of nitrogens with zero attached hydrogens (tertiary/aromatic N) is 1. The van der Waals surface area contributed by atoms with E-state index in [2.05, 4.69) is 62.7 Å². The lowest BCUT2D eigenvalue weighted by Crippen LogP contribution is -2.46. The summed E-state index contributed by atoms with van der Waals surface area (Å²) in [6.45, 7) is 3.65. The monoisotopic (exact) mass is 353 g/mol. The van der Waals surface area contributed by atoms with E-state index in [-0.39, 0.29) is 11.5 Å². The van der Waals surface area contributed by atoms with Gasteiger partial charge in [0.25, 0.3) is 0 Å². The van der Waals surface area contributed by atoms with E-state index in [0.29, 0.717) is 6.61 Å². The molecular weight excluding hydrogens is 330 g/mol. The molecule has 0 heterocycles. The first-order chi connectivity index (χ1) is 10.1. The van der Waals surface area contributed by atoms with Crippen LogP contribution in [-0.4, -0.2) is 39.3 Å². The van der Waals surface area contributed by atoms with Crippen molar-refractivity contribution in [3.05, 3.63) is 34.3 Å². The van der Waals surface area contributed by atoms with Crippen LogP contribution in [0.1, 0.15) is 25.3 Å². The number of guanidine groups is 1. The third kappa shape index (κ3) is 4.45. The predicted molar refractivity (Wildman–Crippen MR) is 90.9 cm³/mol. The van der Waals surface area contributed by atoms with Crippen LogP contribution in [0, 0.1) is 0 Å². The molecule has 1 aromatic carbocycles. The molecule has 4 nitrogen and oxygen atoms in total. The molecule has 21 heavy (non-hydrogen) atoms. The standard InChI is InChI=1S/C16H24BrN3O/c1-12(10-21-3)20-15(18-2)19-11-16(7-8-16)13-5-4-6-14(17)9-13/h4-6,9,12H,7-8,10-11H2,1-3H3,(H2,18,19,20). The average Bonchev–Trinajstić information content (AvgIpc) is 3.25. The molecule has 0 bridgehead atoms. The summed E-state index contributed by atoms with van der Waals surface area (Å²) in [4.78, 5) is 4.28. The summed E-state index contributed by atoms with van der Waals surface area (Å²) in [5.74, 6) is 0.834. The Balaban J connectivity index is 1.92. The van der Waals surface area contributed by atoms with Crippen LogP contribution in [0.3, 0.4) is 0 Å². The minimum atomic E-state index is 0.238. The Kier molecular flexibility index (Phi) is 5.65. The Labute approximate surface area is 135 Å². The zero-order chi connectivity index (χ0) is 15.3. The Bertz CT molecular complexity index is 500. The molecule has 0 saturated heterocycles. The highest BCUT2D eigenvalue weighted by molar-refractivity contribution is 9.10. The van der Waals surface area contributed by atoms with Crippen molar-refractivity contribution in [3.63, 3.8) is 0 Å². The minimum absolute atomic E-state index is 0.238. The fourth-order valence-corrected chi connectivity index (χ4v) is 2.91.